The van der Waals surface area contributed by atoms with Crippen molar-refractivity contribution in [1.82, 2.24) is 4.57 Å². The molecule has 0 aliphatic rings. The molecule has 0 saturated heterocycles. The van der Waals surface area contributed by atoms with Crippen molar-refractivity contribution < 1.29 is 14.3 Å². The van der Waals surface area contributed by atoms with E-state index in [1.54, 1.807) is 31.2 Å². The van der Waals surface area contributed by atoms with Gasteiger partial charge in [-0.25, -0.2) is 9.36 Å². The Bertz CT molecular complexity index is 645. The van der Waals surface area contributed by atoms with Gasteiger partial charge < -0.3 is 9.52 Å². The van der Waals surface area contributed by atoms with Crippen LogP contribution in [0.3, 0.4) is 0 Å². The lowest BCUT2D eigenvalue weighted by atomic mass is 10.0. The number of rotatable bonds is 4. The number of hydrogen-bond acceptors (Lipinski definition) is 4. The van der Waals surface area contributed by atoms with Crippen LogP contribution in [-0.4, -0.2) is 27.6 Å². The number of aliphatic hydroxyl groups excluding tert-OH is 1. The molecule has 0 aliphatic carbocycles. The number of aliphatic hydroxyl groups is 1. The zero-order chi connectivity index (χ0) is 14.0. The van der Waals surface area contributed by atoms with Gasteiger partial charge in [0.05, 0.1) is 17.5 Å². The molecule has 0 radical (unpaired) electrons. The van der Waals surface area contributed by atoms with Gasteiger partial charge in [0.2, 0.25) is 5.91 Å². The van der Waals surface area contributed by atoms with Crippen LogP contribution in [0.15, 0.2) is 33.5 Å². The Morgan fingerprint density at radius 2 is 2.16 bits per heavy atom. The monoisotopic (exact) mass is 283 g/mol. The zero-order valence-electron chi connectivity index (χ0n) is 10.4. The summed E-state index contributed by atoms with van der Waals surface area (Å²) in [6, 6.07) is 6.66. The second-order valence-electron chi connectivity index (χ2n) is 4.34. The van der Waals surface area contributed by atoms with E-state index in [0.29, 0.717) is 17.5 Å². The van der Waals surface area contributed by atoms with Crippen molar-refractivity contribution in [1.29, 1.82) is 0 Å². The van der Waals surface area contributed by atoms with Gasteiger partial charge in [0.15, 0.2) is 5.58 Å². The maximum atomic E-state index is 12.3. The second-order valence-corrected chi connectivity index (χ2v) is 4.72. The summed E-state index contributed by atoms with van der Waals surface area (Å²) in [7, 11) is 0. The normalized spacial score (nSPS) is 14.5. The Kier molecular flexibility index (Phi) is 4.07. The van der Waals surface area contributed by atoms with Gasteiger partial charge in [-0.2, -0.15) is 0 Å². The summed E-state index contributed by atoms with van der Waals surface area (Å²) in [5.74, 6) is -1.71. The second kappa shape index (κ2) is 5.59. The third kappa shape index (κ3) is 2.57. The van der Waals surface area contributed by atoms with E-state index in [-0.39, 0.29) is 5.88 Å². The van der Waals surface area contributed by atoms with Crippen LogP contribution in [0, 0.1) is 5.92 Å². The first-order chi connectivity index (χ1) is 9.06. The van der Waals surface area contributed by atoms with E-state index in [2.05, 4.69) is 0 Å². The number of oxazole rings is 1. The number of para-hydroxylation sites is 2. The molecule has 0 amide bonds. The topological polar surface area (TPSA) is 72.4 Å². The highest BCUT2D eigenvalue weighted by atomic mass is 35.5. The van der Waals surface area contributed by atoms with E-state index in [0.717, 1.165) is 4.57 Å². The molecular weight excluding hydrogens is 270 g/mol. The average molecular weight is 284 g/mol. The van der Waals surface area contributed by atoms with Crippen molar-refractivity contribution >= 4 is 28.6 Å². The zero-order valence-corrected chi connectivity index (χ0v) is 11.1. The number of halogens is 1. The minimum Gasteiger partial charge on any atom is -0.407 e. The summed E-state index contributed by atoms with van der Waals surface area (Å²) < 4.78 is 5.94. The fourth-order valence-corrected chi connectivity index (χ4v) is 2.13. The molecule has 0 spiro atoms. The van der Waals surface area contributed by atoms with Crippen molar-refractivity contribution in [3.63, 3.8) is 0 Å². The molecule has 0 unspecified atom stereocenters. The summed E-state index contributed by atoms with van der Waals surface area (Å²) >= 11 is 5.54. The molecular formula is C13H14ClNO4. The van der Waals surface area contributed by atoms with E-state index in [9.17, 15) is 14.7 Å². The summed E-state index contributed by atoms with van der Waals surface area (Å²) in [6.07, 6.45) is -0.593. The van der Waals surface area contributed by atoms with Gasteiger partial charge in [-0.15, -0.1) is 11.6 Å². The van der Waals surface area contributed by atoms with Crippen LogP contribution in [0.4, 0.5) is 0 Å². The molecule has 2 aromatic rings. The minimum absolute atomic E-state index is 0.250. The van der Waals surface area contributed by atoms with Crippen molar-refractivity contribution in [2.45, 2.75) is 19.4 Å². The largest absolute Gasteiger partial charge is 0.426 e. The van der Waals surface area contributed by atoms with Crippen LogP contribution in [0.2, 0.25) is 0 Å². The molecule has 0 aliphatic heterocycles. The number of alkyl halides is 1. The number of benzene rings is 1. The summed E-state index contributed by atoms with van der Waals surface area (Å²) in [5, 5.41) is 9.80. The Labute approximate surface area is 114 Å². The van der Waals surface area contributed by atoms with Gasteiger partial charge in [-0.1, -0.05) is 19.1 Å². The molecule has 1 aromatic carbocycles. The highest BCUT2D eigenvalue weighted by molar-refractivity contribution is 6.17. The van der Waals surface area contributed by atoms with Crippen LogP contribution in [0.1, 0.15) is 18.1 Å². The van der Waals surface area contributed by atoms with Gasteiger partial charge >= 0.3 is 5.76 Å². The Hall–Kier alpha value is -1.59. The first-order valence-corrected chi connectivity index (χ1v) is 6.48. The van der Waals surface area contributed by atoms with E-state index in [1.165, 1.54) is 0 Å². The van der Waals surface area contributed by atoms with E-state index >= 15 is 0 Å². The summed E-state index contributed by atoms with van der Waals surface area (Å²) in [5.41, 5.74) is 0.752. The Balaban J connectivity index is 2.41. The smallest absolute Gasteiger partial charge is 0.407 e. The Morgan fingerprint density at radius 3 is 2.84 bits per heavy atom. The third-order valence-corrected chi connectivity index (χ3v) is 3.30. The van der Waals surface area contributed by atoms with Crippen LogP contribution >= 0.6 is 11.6 Å². The third-order valence-electron chi connectivity index (χ3n) is 3.08. The van der Waals surface area contributed by atoms with E-state index in [1.807, 2.05) is 0 Å². The lowest BCUT2D eigenvalue weighted by Crippen LogP contribution is -2.34. The molecule has 2 rings (SSSR count). The number of nitrogens with zero attached hydrogens (tertiary/aromatic N) is 1. The van der Waals surface area contributed by atoms with Crippen LogP contribution in [0.5, 0.6) is 0 Å². The lowest BCUT2D eigenvalue weighted by molar-refractivity contribution is 0.0622. The molecule has 1 aromatic heterocycles. The molecule has 6 heteroatoms. The standard InChI is InChI=1S/C13H14ClNO4/c1-8(10(16)6-7-14)12(17)15-9-4-2-3-5-11(9)19-13(15)18/h2-5,8,10,16H,6-7H2,1H3/t8-,10+/m1/s1. The molecule has 2 atom stereocenters. The molecule has 1 N–H and O–H groups in total. The number of carbonyl (C=O) groups excluding carboxylic acids is 1. The quantitative estimate of drug-likeness (QED) is 0.869. The van der Waals surface area contributed by atoms with Gasteiger partial charge in [0.1, 0.15) is 0 Å². The SMILES string of the molecule is C[C@@H](C(=O)n1c(=O)oc2ccccc21)[C@@H](O)CCCl. The highest BCUT2D eigenvalue weighted by Gasteiger charge is 2.26. The molecule has 19 heavy (non-hydrogen) atoms. The molecule has 102 valence electrons. The van der Waals surface area contributed by atoms with Crippen molar-refractivity contribution in [3.05, 3.63) is 34.8 Å². The fourth-order valence-electron chi connectivity index (χ4n) is 1.90. The number of carbonyl (C=O) groups is 1. The maximum absolute atomic E-state index is 12.3. The fraction of sp³-hybridized carbons (Fsp3) is 0.385. The molecule has 5 nitrogen and oxygen atoms in total. The molecule has 0 fully saturated rings. The summed E-state index contributed by atoms with van der Waals surface area (Å²) in [6.45, 7) is 1.56. The number of hydrogen-bond donors (Lipinski definition) is 1. The van der Waals surface area contributed by atoms with E-state index < -0.39 is 23.7 Å². The van der Waals surface area contributed by atoms with Crippen LogP contribution in [-0.2, 0) is 0 Å². The maximum Gasteiger partial charge on any atom is 0.426 e. The first kappa shape index (κ1) is 13.8. The van der Waals surface area contributed by atoms with Gasteiger partial charge in [-0.3, -0.25) is 4.79 Å². The van der Waals surface area contributed by atoms with Crippen molar-refractivity contribution in [2.24, 2.45) is 5.92 Å². The van der Waals surface area contributed by atoms with Gasteiger partial charge in [-0.05, 0) is 18.6 Å². The van der Waals surface area contributed by atoms with E-state index in [4.69, 9.17) is 16.0 Å². The average Bonchev–Trinajstić information content (AvgIpc) is 2.73. The summed E-state index contributed by atoms with van der Waals surface area (Å²) in [4.78, 5) is 24.0. The minimum atomic E-state index is -0.884. The van der Waals surface area contributed by atoms with Crippen molar-refractivity contribution in [3.8, 4) is 0 Å². The van der Waals surface area contributed by atoms with Crippen LogP contribution < -0.4 is 5.76 Å². The molecule has 1 heterocycles. The lowest BCUT2D eigenvalue weighted by Gasteiger charge is -2.16. The number of fused-ring (bicyclic) bond motifs is 1. The predicted molar refractivity (Wildman–Crippen MR) is 71.6 cm³/mol. The first-order valence-electron chi connectivity index (χ1n) is 5.95. The van der Waals surface area contributed by atoms with Gasteiger partial charge in [0, 0.05) is 5.88 Å². The number of aromatic nitrogens is 1. The van der Waals surface area contributed by atoms with Crippen molar-refractivity contribution in [2.75, 3.05) is 5.88 Å². The highest BCUT2D eigenvalue weighted by Crippen LogP contribution is 2.16. The van der Waals surface area contributed by atoms with Gasteiger partial charge in [0.25, 0.3) is 0 Å². The predicted octanol–water partition coefficient (Wildman–Crippen LogP) is 1.86. The molecule has 0 bridgehead atoms. The Morgan fingerprint density at radius 1 is 1.47 bits per heavy atom. The van der Waals surface area contributed by atoms with Crippen LogP contribution in [0.25, 0.3) is 11.1 Å². The molecule has 0 saturated carbocycles.